The quantitative estimate of drug-likeness (QED) is 0.336. The number of nitrogens with zero attached hydrogens (tertiary/aromatic N) is 2. The van der Waals surface area contributed by atoms with Gasteiger partial charge < -0.3 is 10.4 Å². The summed E-state index contributed by atoms with van der Waals surface area (Å²) in [6.45, 7) is 1.57. The highest BCUT2D eigenvalue weighted by atomic mass is 19.1. The molecule has 0 aromatic heterocycles. The first-order valence-electron chi connectivity index (χ1n) is 2.35. The zero-order valence-corrected chi connectivity index (χ0v) is 4.87. The molecule has 0 amide bonds. The van der Waals surface area contributed by atoms with Gasteiger partial charge in [0.05, 0.1) is 0 Å². The monoisotopic (exact) mass is 134 g/mol. The smallest absolute Gasteiger partial charge is 0.274 e. The van der Waals surface area contributed by atoms with Crippen LogP contribution in [0.5, 0.6) is 0 Å². The van der Waals surface area contributed by atoms with Crippen LogP contribution >= 0.6 is 0 Å². The lowest BCUT2D eigenvalue weighted by Crippen LogP contribution is -2.06. The maximum Gasteiger partial charge on any atom is 0.274 e. The molecule has 2 N–H and O–H groups in total. The van der Waals surface area contributed by atoms with Crippen LogP contribution in [-0.2, 0) is 0 Å². The molecule has 0 saturated carbocycles. The first-order valence-corrected chi connectivity index (χ1v) is 2.35. The molecule has 9 heavy (non-hydrogen) atoms. The highest BCUT2D eigenvalue weighted by Crippen LogP contribution is 1.90. The Morgan fingerprint density at radius 1 is 1.44 bits per heavy atom. The third-order valence-electron chi connectivity index (χ3n) is 0.782. The van der Waals surface area contributed by atoms with Crippen molar-refractivity contribution in [3.63, 3.8) is 0 Å². The average Bonchev–Trinajstić information content (AvgIpc) is 1.90. The van der Waals surface area contributed by atoms with E-state index in [2.05, 4.69) is 10.3 Å². The van der Waals surface area contributed by atoms with Crippen LogP contribution < -0.4 is 0 Å². The Morgan fingerprint density at radius 3 is 2.11 bits per heavy atom. The van der Waals surface area contributed by atoms with Crippen LogP contribution in [0.15, 0.2) is 10.3 Å². The summed E-state index contributed by atoms with van der Waals surface area (Å²) in [7, 11) is 0. The minimum Gasteiger partial charge on any atom is -0.411 e. The summed E-state index contributed by atoms with van der Waals surface area (Å²) >= 11 is 0. The van der Waals surface area contributed by atoms with E-state index >= 15 is 0 Å². The molecule has 0 aromatic rings. The van der Waals surface area contributed by atoms with Crippen molar-refractivity contribution in [2.75, 3.05) is 0 Å². The predicted octanol–water partition coefficient (Wildman–Crippen LogP) is 0.984. The summed E-state index contributed by atoms with van der Waals surface area (Å²) in [5.74, 6) is -1.15. The number of rotatable bonds is 2. The minimum absolute atomic E-state index is 0.187. The van der Waals surface area contributed by atoms with Crippen LogP contribution in [0, 0.1) is 0 Å². The molecule has 0 unspecified atom stereocenters. The van der Waals surface area contributed by atoms with Crippen molar-refractivity contribution in [2.45, 2.75) is 13.3 Å². The maximum absolute atomic E-state index is 12.0. The molecule has 0 spiro atoms. The Morgan fingerprint density at radius 2 is 2.00 bits per heavy atom. The zero-order chi connectivity index (χ0) is 7.28. The minimum atomic E-state index is -1.15. The van der Waals surface area contributed by atoms with E-state index in [4.69, 9.17) is 10.4 Å². The van der Waals surface area contributed by atoms with Gasteiger partial charge in [0.25, 0.3) is 5.97 Å². The van der Waals surface area contributed by atoms with Crippen LogP contribution in [0.25, 0.3) is 0 Å². The number of hydrogen-bond acceptors (Lipinski definition) is 4. The van der Waals surface area contributed by atoms with Crippen molar-refractivity contribution < 1.29 is 14.8 Å². The molecule has 0 saturated heterocycles. The summed E-state index contributed by atoms with van der Waals surface area (Å²) in [4.78, 5) is 0. The van der Waals surface area contributed by atoms with E-state index in [1.165, 1.54) is 0 Å². The normalized spacial score (nSPS) is 14.0. The molecule has 0 aliphatic carbocycles. The zero-order valence-electron chi connectivity index (χ0n) is 4.87. The maximum atomic E-state index is 12.0. The van der Waals surface area contributed by atoms with E-state index in [1.54, 1.807) is 6.92 Å². The Balaban J connectivity index is 4.14. The van der Waals surface area contributed by atoms with Gasteiger partial charge in [0, 0.05) is 0 Å². The Bertz CT molecular complexity index is 144. The molecular weight excluding hydrogens is 127 g/mol. The van der Waals surface area contributed by atoms with Crippen molar-refractivity contribution in [1.29, 1.82) is 0 Å². The number of halogens is 1. The lowest BCUT2D eigenvalue weighted by molar-refractivity contribution is 0.308. The third-order valence-corrected chi connectivity index (χ3v) is 0.782. The number of oxime groups is 2. The second kappa shape index (κ2) is 3.82. The summed E-state index contributed by atoms with van der Waals surface area (Å²) in [6, 6.07) is 0. The fraction of sp³-hybridized carbons (Fsp3) is 0.500. The topological polar surface area (TPSA) is 65.2 Å². The molecule has 0 radical (unpaired) electrons. The van der Waals surface area contributed by atoms with Gasteiger partial charge in [-0.05, 0) is 6.42 Å². The molecule has 52 valence electrons. The Hall–Kier alpha value is -1.13. The molecule has 0 aliphatic heterocycles. The number of hydrogen-bond donors (Lipinski definition) is 2. The van der Waals surface area contributed by atoms with Gasteiger partial charge >= 0.3 is 0 Å². The highest BCUT2D eigenvalue weighted by Gasteiger charge is 2.05. The third kappa shape index (κ3) is 2.07. The van der Waals surface area contributed by atoms with E-state index in [0.29, 0.717) is 0 Å². The standard InChI is InChI=1S/C4H7FN2O2/c1-2-3(6-8)4(5)7-9/h8-9H,2H2,1H3/b6-3-,7-4+. The largest absolute Gasteiger partial charge is 0.411 e. The van der Waals surface area contributed by atoms with Gasteiger partial charge in [0.2, 0.25) is 0 Å². The van der Waals surface area contributed by atoms with Gasteiger partial charge in [-0.2, -0.15) is 4.39 Å². The van der Waals surface area contributed by atoms with E-state index in [0.717, 1.165) is 0 Å². The molecule has 0 bridgehead atoms. The van der Waals surface area contributed by atoms with Crippen molar-refractivity contribution in [3.8, 4) is 0 Å². The second-order valence-corrected chi connectivity index (χ2v) is 1.29. The average molecular weight is 134 g/mol. The van der Waals surface area contributed by atoms with E-state index in [1.807, 2.05) is 0 Å². The van der Waals surface area contributed by atoms with Crippen LogP contribution in [0.4, 0.5) is 4.39 Å². The van der Waals surface area contributed by atoms with Crippen LogP contribution in [0.1, 0.15) is 13.3 Å². The molecule has 0 fully saturated rings. The van der Waals surface area contributed by atoms with E-state index in [9.17, 15) is 4.39 Å². The van der Waals surface area contributed by atoms with Crippen molar-refractivity contribution >= 4 is 11.7 Å². The van der Waals surface area contributed by atoms with Gasteiger partial charge in [-0.25, -0.2) is 0 Å². The summed E-state index contributed by atoms with van der Waals surface area (Å²) in [5.41, 5.74) is -0.266. The van der Waals surface area contributed by atoms with Gasteiger partial charge in [0.1, 0.15) is 5.71 Å². The van der Waals surface area contributed by atoms with Crippen molar-refractivity contribution in [3.05, 3.63) is 0 Å². The van der Waals surface area contributed by atoms with Crippen LogP contribution in [-0.4, -0.2) is 22.1 Å². The molecule has 0 heterocycles. The SMILES string of the molecule is CCC(=N/O)/C(F)=N\O. The molecule has 0 aromatic carbocycles. The second-order valence-electron chi connectivity index (χ2n) is 1.29. The summed E-state index contributed by atoms with van der Waals surface area (Å²) in [6.07, 6.45) is 0.187. The fourth-order valence-electron chi connectivity index (χ4n) is 0.316. The first-order chi connectivity index (χ1) is 4.26. The van der Waals surface area contributed by atoms with Crippen molar-refractivity contribution in [1.82, 2.24) is 0 Å². The molecule has 5 heteroatoms. The van der Waals surface area contributed by atoms with E-state index < -0.39 is 5.97 Å². The van der Waals surface area contributed by atoms with Crippen molar-refractivity contribution in [2.24, 2.45) is 10.3 Å². The summed E-state index contributed by atoms with van der Waals surface area (Å²) < 4.78 is 12.0. The molecule has 0 rings (SSSR count). The first kappa shape index (κ1) is 7.87. The summed E-state index contributed by atoms with van der Waals surface area (Å²) in [5, 5.41) is 20.5. The Kier molecular flexibility index (Phi) is 3.34. The fourth-order valence-corrected chi connectivity index (χ4v) is 0.316. The van der Waals surface area contributed by atoms with Gasteiger partial charge in [-0.1, -0.05) is 17.2 Å². The van der Waals surface area contributed by atoms with Gasteiger partial charge in [-0.3, -0.25) is 0 Å². The molecule has 0 aliphatic rings. The van der Waals surface area contributed by atoms with Gasteiger partial charge in [-0.15, -0.1) is 0 Å². The van der Waals surface area contributed by atoms with Gasteiger partial charge in [0.15, 0.2) is 0 Å². The highest BCUT2D eigenvalue weighted by molar-refractivity contribution is 6.38. The van der Waals surface area contributed by atoms with Crippen LogP contribution in [0.3, 0.4) is 0 Å². The Labute approximate surface area is 51.3 Å². The predicted molar refractivity (Wildman–Crippen MR) is 29.8 cm³/mol. The lowest BCUT2D eigenvalue weighted by atomic mass is 10.3. The molecular formula is C4H7FN2O2. The molecule has 0 atom stereocenters. The van der Waals surface area contributed by atoms with Crippen LogP contribution in [0.2, 0.25) is 0 Å². The lowest BCUT2D eigenvalue weighted by Gasteiger charge is -1.90. The molecule has 4 nitrogen and oxygen atoms in total. The van der Waals surface area contributed by atoms with E-state index in [-0.39, 0.29) is 12.1 Å².